The minimum Gasteiger partial charge on any atom is -0.370 e. The minimum absolute atomic E-state index is 0.303. The molecule has 3 nitrogen and oxygen atoms in total. The zero-order valence-electron chi connectivity index (χ0n) is 8.53. The molecule has 1 unspecified atom stereocenters. The predicted molar refractivity (Wildman–Crippen MR) is 61.1 cm³/mol. The van der Waals surface area contributed by atoms with Gasteiger partial charge in [-0.1, -0.05) is 6.07 Å². The quantitative estimate of drug-likeness (QED) is 0.814. The van der Waals surface area contributed by atoms with Crippen molar-refractivity contribution in [3.63, 3.8) is 0 Å². The molecule has 0 aromatic carbocycles. The lowest BCUT2D eigenvalue weighted by Gasteiger charge is -2.23. The van der Waals surface area contributed by atoms with Crippen LogP contribution in [0.2, 0.25) is 0 Å². The van der Waals surface area contributed by atoms with Crippen LogP contribution in [-0.2, 0) is 0 Å². The monoisotopic (exact) mass is 209 g/mol. The number of likely N-dealkylation sites (N-methyl/N-ethyl adjacent to an activating group) is 1. The molecule has 1 aliphatic heterocycles. The van der Waals surface area contributed by atoms with Gasteiger partial charge in [-0.3, -0.25) is 9.89 Å². The van der Waals surface area contributed by atoms with Crippen molar-refractivity contribution < 1.29 is 0 Å². The molecule has 0 spiro atoms. The van der Waals surface area contributed by atoms with Crippen LogP contribution in [0.3, 0.4) is 0 Å². The first kappa shape index (κ1) is 9.68. The van der Waals surface area contributed by atoms with Crippen molar-refractivity contribution in [1.82, 2.24) is 10.2 Å². The van der Waals surface area contributed by atoms with Gasteiger partial charge in [0.25, 0.3) is 0 Å². The van der Waals surface area contributed by atoms with Crippen molar-refractivity contribution in [2.45, 2.75) is 6.04 Å². The van der Waals surface area contributed by atoms with Crippen LogP contribution in [0, 0.1) is 0 Å². The van der Waals surface area contributed by atoms with Crippen LogP contribution in [0.25, 0.3) is 0 Å². The van der Waals surface area contributed by atoms with Crippen molar-refractivity contribution in [2.24, 2.45) is 4.99 Å². The van der Waals surface area contributed by atoms with Crippen LogP contribution in [0.5, 0.6) is 0 Å². The van der Waals surface area contributed by atoms with Gasteiger partial charge in [0.1, 0.15) is 11.9 Å². The molecule has 2 rings (SSSR count). The molecule has 14 heavy (non-hydrogen) atoms. The van der Waals surface area contributed by atoms with E-state index < -0.39 is 0 Å². The van der Waals surface area contributed by atoms with Crippen LogP contribution in [0.15, 0.2) is 22.5 Å². The highest BCUT2D eigenvalue weighted by atomic mass is 32.1. The maximum atomic E-state index is 4.48. The first-order chi connectivity index (χ1) is 6.79. The lowest BCUT2D eigenvalue weighted by atomic mass is 10.2. The summed E-state index contributed by atoms with van der Waals surface area (Å²) in [5.74, 6) is 1.11. The SMILES string of the molecule is CN(C)C(C1=NCCN1)c1cccs1. The van der Waals surface area contributed by atoms with Gasteiger partial charge in [0.15, 0.2) is 0 Å². The summed E-state index contributed by atoms with van der Waals surface area (Å²) in [6, 6.07) is 4.56. The molecule has 1 aromatic rings. The maximum absolute atomic E-state index is 4.48. The molecule has 2 heterocycles. The van der Waals surface area contributed by atoms with Crippen LogP contribution < -0.4 is 5.32 Å². The number of rotatable bonds is 3. The van der Waals surface area contributed by atoms with Gasteiger partial charge in [0.05, 0.1) is 6.54 Å². The zero-order chi connectivity index (χ0) is 9.97. The van der Waals surface area contributed by atoms with E-state index in [1.807, 2.05) is 0 Å². The van der Waals surface area contributed by atoms with E-state index in [1.165, 1.54) is 4.88 Å². The van der Waals surface area contributed by atoms with Crippen molar-refractivity contribution >= 4 is 17.2 Å². The Labute approximate surface area is 88.5 Å². The number of nitrogens with zero attached hydrogens (tertiary/aromatic N) is 2. The van der Waals surface area contributed by atoms with E-state index in [9.17, 15) is 0 Å². The minimum atomic E-state index is 0.303. The molecule has 0 aliphatic carbocycles. The lowest BCUT2D eigenvalue weighted by Crippen LogP contribution is -2.34. The van der Waals surface area contributed by atoms with Crippen LogP contribution >= 0.6 is 11.3 Å². The number of hydrogen-bond acceptors (Lipinski definition) is 4. The highest BCUT2D eigenvalue weighted by Crippen LogP contribution is 2.24. The molecule has 76 valence electrons. The van der Waals surface area contributed by atoms with Gasteiger partial charge < -0.3 is 5.32 Å². The number of thiophene rings is 1. The Morgan fingerprint density at radius 2 is 2.43 bits per heavy atom. The fourth-order valence-corrected chi connectivity index (χ4v) is 2.60. The summed E-state index contributed by atoms with van der Waals surface area (Å²) in [6.45, 7) is 1.89. The van der Waals surface area contributed by atoms with Crippen molar-refractivity contribution in [3.8, 4) is 0 Å². The zero-order valence-corrected chi connectivity index (χ0v) is 9.34. The number of nitrogens with one attached hydrogen (secondary N) is 1. The predicted octanol–water partition coefficient (Wildman–Crippen LogP) is 1.35. The van der Waals surface area contributed by atoms with Gasteiger partial charge in [-0.25, -0.2) is 0 Å². The van der Waals surface area contributed by atoms with E-state index in [0.29, 0.717) is 6.04 Å². The van der Waals surface area contributed by atoms with E-state index in [4.69, 9.17) is 0 Å². The van der Waals surface area contributed by atoms with Crippen LogP contribution in [0.1, 0.15) is 10.9 Å². The molecule has 0 amide bonds. The summed E-state index contributed by atoms with van der Waals surface area (Å²) in [7, 11) is 4.18. The van der Waals surface area contributed by atoms with Gasteiger partial charge in [0.2, 0.25) is 0 Å². The van der Waals surface area contributed by atoms with Crippen LogP contribution in [-0.4, -0.2) is 37.9 Å². The smallest absolute Gasteiger partial charge is 0.119 e. The second-order valence-corrected chi connectivity index (χ2v) is 4.55. The second-order valence-electron chi connectivity index (χ2n) is 3.58. The number of amidine groups is 1. The standard InChI is InChI=1S/C10H15N3S/c1-13(2)9(8-4-3-7-14-8)10-11-5-6-12-10/h3-4,7,9H,5-6H2,1-2H3,(H,11,12). The molecule has 4 heteroatoms. The largest absolute Gasteiger partial charge is 0.370 e. The van der Waals surface area contributed by atoms with Gasteiger partial charge >= 0.3 is 0 Å². The molecule has 1 aliphatic rings. The molecule has 1 aromatic heterocycles. The topological polar surface area (TPSA) is 27.6 Å². The molecule has 0 radical (unpaired) electrons. The fourth-order valence-electron chi connectivity index (χ4n) is 1.68. The summed E-state index contributed by atoms with van der Waals surface area (Å²) in [4.78, 5) is 8.03. The van der Waals surface area contributed by atoms with E-state index in [-0.39, 0.29) is 0 Å². The summed E-state index contributed by atoms with van der Waals surface area (Å²) >= 11 is 1.78. The van der Waals surface area contributed by atoms with E-state index in [0.717, 1.165) is 18.9 Å². The summed E-state index contributed by atoms with van der Waals surface area (Å²) in [6.07, 6.45) is 0. The van der Waals surface area contributed by atoms with Crippen LogP contribution in [0.4, 0.5) is 0 Å². The lowest BCUT2D eigenvalue weighted by molar-refractivity contribution is 0.370. The van der Waals surface area contributed by atoms with Crippen molar-refractivity contribution in [2.75, 3.05) is 27.2 Å². The number of hydrogen-bond donors (Lipinski definition) is 1. The van der Waals surface area contributed by atoms with E-state index in [2.05, 4.69) is 46.8 Å². The highest BCUT2D eigenvalue weighted by Gasteiger charge is 2.23. The molecular weight excluding hydrogens is 194 g/mol. The third-order valence-electron chi connectivity index (χ3n) is 2.29. The normalized spacial score (nSPS) is 18.1. The van der Waals surface area contributed by atoms with Gasteiger partial charge in [0, 0.05) is 11.4 Å². The van der Waals surface area contributed by atoms with Gasteiger partial charge in [-0.05, 0) is 25.5 Å². The molecule has 0 saturated heterocycles. The Morgan fingerprint density at radius 3 is 2.93 bits per heavy atom. The average Bonchev–Trinajstić information content (AvgIpc) is 2.75. The Morgan fingerprint density at radius 1 is 1.57 bits per heavy atom. The third kappa shape index (κ3) is 1.81. The molecular formula is C10H15N3S. The Hall–Kier alpha value is -0.870. The maximum Gasteiger partial charge on any atom is 0.119 e. The summed E-state index contributed by atoms with van der Waals surface area (Å²) in [5.41, 5.74) is 0. The Kier molecular flexibility index (Phi) is 2.84. The fraction of sp³-hybridized carbons (Fsp3) is 0.500. The van der Waals surface area contributed by atoms with Crippen molar-refractivity contribution in [1.29, 1.82) is 0 Å². The van der Waals surface area contributed by atoms with E-state index in [1.54, 1.807) is 11.3 Å². The summed E-state index contributed by atoms with van der Waals surface area (Å²) in [5, 5.41) is 5.45. The molecule has 0 fully saturated rings. The second kappa shape index (κ2) is 4.11. The van der Waals surface area contributed by atoms with Gasteiger partial charge in [-0.2, -0.15) is 0 Å². The highest BCUT2D eigenvalue weighted by molar-refractivity contribution is 7.10. The van der Waals surface area contributed by atoms with E-state index >= 15 is 0 Å². The molecule has 0 saturated carbocycles. The number of aliphatic imine (C=N–C) groups is 1. The first-order valence-electron chi connectivity index (χ1n) is 4.77. The average molecular weight is 209 g/mol. The Bertz CT molecular complexity index is 316. The molecule has 0 bridgehead atoms. The molecule has 1 N–H and O–H groups in total. The Balaban J connectivity index is 2.24. The molecule has 1 atom stereocenters. The summed E-state index contributed by atoms with van der Waals surface area (Å²) < 4.78 is 0. The third-order valence-corrected chi connectivity index (χ3v) is 3.21. The first-order valence-corrected chi connectivity index (χ1v) is 5.65. The van der Waals surface area contributed by atoms with Crippen molar-refractivity contribution in [3.05, 3.63) is 22.4 Å². The van der Waals surface area contributed by atoms with Gasteiger partial charge in [-0.15, -0.1) is 11.3 Å².